The van der Waals surface area contributed by atoms with Crippen molar-refractivity contribution in [3.05, 3.63) is 22.7 Å². The van der Waals surface area contributed by atoms with Gasteiger partial charge in [-0.25, -0.2) is 4.79 Å². The second-order valence-corrected chi connectivity index (χ2v) is 7.40. The highest BCUT2D eigenvalue weighted by Crippen LogP contribution is 2.31. The van der Waals surface area contributed by atoms with Crippen molar-refractivity contribution in [1.82, 2.24) is 4.90 Å². The molecule has 0 atom stereocenters. The van der Waals surface area contributed by atoms with Crippen LogP contribution in [0.25, 0.3) is 0 Å². The zero-order valence-electron chi connectivity index (χ0n) is 18.0. The van der Waals surface area contributed by atoms with E-state index in [9.17, 15) is 4.79 Å². The molecule has 0 fully saturated rings. The highest BCUT2D eigenvalue weighted by atomic mass is 35.5. The molecule has 1 rings (SSSR count). The number of benzene rings is 1. The first-order valence-corrected chi connectivity index (χ1v) is 11.0. The minimum atomic E-state index is -0.398. The molecule has 0 aliphatic heterocycles. The van der Waals surface area contributed by atoms with Crippen molar-refractivity contribution in [3.8, 4) is 5.75 Å². The summed E-state index contributed by atoms with van der Waals surface area (Å²) in [7, 11) is 1.55. The number of nitrogens with one attached hydrogen (secondary N) is 1. The number of unbranched alkanes of at least 4 members (excludes halogenated alkanes) is 3. The van der Waals surface area contributed by atoms with Crippen LogP contribution in [0.4, 0.5) is 5.69 Å². The van der Waals surface area contributed by atoms with Gasteiger partial charge in [0.25, 0.3) is 0 Å². The molecule has 0 aromatic heterocycles. The summed E-state index contributed by atoms with van der Waals surface area (Å²) in [6.07, 6.45) is 6.80. The molecular weight excluding hydrogens is 376 g/mol. The van der Waals surface area contributed by atoms with Crippen LogP contribution in [0.2, 0.25) is 5.02 Å². The molecule has 0 bridgehead atoms. The molecule has 0 saturated heterocycles. The maximum Gasteiger partial charge on any atom is 0.342 e. The molecule has 0 aliphatic carbocycles. The number of rotatable bonds is 15. The second-order valence-electron chi connectivity index (χ2n) is 7.00. The largest absolute Gasteiger partial charge is 0.496 e. The van der Waals surface area contributed by atoms with E-state index in [1.165, 1.54) is 0 Å². The molecule has 0 saturated carbocycles. The van der Waals surface area contributed by atoms with Crippen LogP contribution in [-0.4, -0.2) is 50.8 Å². The van der Waals surface area contributed by atoms with E-state index in [1.807, 2.05) is 0 Å². The van der Waals surface area contributed by atoms with E-state index in [-0.39, 0.29) is 0 Å². The summed E-state index contributed by atoms with van der Waals surface area (Å²) < 4.78 is 10.9. The lowest BCUT2D eigenvalue weighted by atomic mass is 10.1. The smallest absolute Gasteiger partial charge is 0.342 e. The van der Waals surface area contributed by atoms with Crippen LogP contribution in [0.5, 0.6) is 5.75 Å². The van der Waals surface area contributed by atoms with Gasteiger partial charge in [0.2, 0.25) is 0 Å². The average Bonchev–Trinajstić information content (AvgIpc) is 2.70. The Labute approximate surface area is 175 Å². The third-order valence-corrected chi connectivity index (χ3v) is 4.96. The topological polar surface area (TPSA) is 50.8 Å². The molecule has 6 heteroatoms. The van der Waals surface area contributed by atoms with Crippen molar-refractivity contribution < 1.29 is 14.3 Å². The summed E-state index contributed by atoms with van der Waals surface area (Å²) in [4.78, 5) is 14.9. The minimum absolute atomic E-state index is 0.363. The first-order valence-electron chi connectivity index (χ1n) is 10.6. The molecule has 1 aromatic carbocycles. The van der Waals surface area contributed by atoms with Gasteiger partial charge >= 0.3 is 5.97 Å². The van der Waals surface area contributed by atoms with Gasteiger partial charge in [-0.1, -0.05) is 51.6 Å². The van der Waals surface area contributed by atoms with Crippen LogP contribution in [0.3, 0.4) is 0 Å². The Bertz CT molecular complexity index is 573. The first-order chi connectivity index (χ1) is 13.6. The molecule has 0 amide bonds. The van der Waals surface area contributed by atoms with E-state index < -0.39 is 5.97 Å². The maximum absolute atomic E-state index is 12.6. The number of hydrogen-bond acceptors (Lipinski definition) is 5. The van der Waals surface area contributed by atoms with Gasteiger partial charge in [0.1, 0.15) is 17.9 Å². The SMILES string of the molecule is CCCCNc1cc(OC)c(C(=O)OCCN(CCCC)CCCC)cc1Cl. The Morgan fingerprint density at radius 2 is 1.68 bits per heavy atom. The lowest BCUT2D eigenvalue weighted by Crippen LogP contribution is -2.30. The van der Waals surface area contributed by atoms with Crippen molar-refractivity contribution in [2.24, 2.45) is 0 Å². The molecule has 160 valence electrons. The number of ether oxygens (including phenoxy) is 2. The number of carbonyl (C=O) groups excluding carboxylic acids is 1. The Balaban J connectivity index is 2.67. The predicted octanol–water partition coefficient (Wildman–Crippen LogP) is 5.62. The van der Waals surface area contributed by atoms with E-state index >= 15 is 0 Å². The summed E-state index contributed by atoms with van der Waals surface area (Å²) in [5, 5.41) is 3.78. The van der Waals surface area contributed by atoms with Crippen LogP contribution in [0, 0.1) is 0 Å². The van der Waals surface area contributed by atoms with Gasteiger partial charge < -0.3 is 14.8 Å². The number of methoxy groups -OCH3 is 1. The summed E-state index contributed by atoms with van der Waals surface area (Å²) in [6, 6.07) is 3.40. The van der Waals surface area contributed by atoms with Gasteiger partial charge in [-0.2, -0.15) is 0 Å². The summed E-state index contributed by atoms with van der Waals surface area (Å²) in [5.41, 5.74) is 1.14. The molecule has 1 aromatic rings. The van der Waals surface area contributed by atoms with Gasteiger partial charge in [0.05, 0.1) is 17.8 Å². The minimum Gasteiger partial charge on any atom is -0.496 e. The van der Waals surface area contributed by atoms with Crippen LogP contribution in [0.1, 0.15) is 69.7 Å². The van der Waals surface area contributed by atoms with E-state index in [4.69, 9.17) is 21.1 Å². The lowest BCUT2D eigenvalue weighted by Gasteiger charge is -2.21. The molecular formula is C22H37ClN2O3. The highest BCUT2D eigenvalue weighted by Gasteiger charge is 2.17. The number of hydrogen-bond donors (Lipinski definition) is 1. The number of carbonyl (C=O) groups is 1. The Kier molecular flexibility index (Phi) is 12.8. The Hall–Kier alpha value is -1.46. The lowest BCUT2D eigenvalue weighted by molar-refractivity contribution is 0.0457. The summed E-state index contributed by atoms with van der Waals surface area (Å²) in [6.45, 7) is 10.5. The predicted molar refractivity (Wildman–Crippen MR) is 118 cm³/mol. The van der Waals surface area contributed by atoms with Gasteiger partial charge in [0.15, 0.2) is 0 Å². The molecule has 0 heterocycles. The van der Waals surface area contributed by atoms with Gasteiger partial charge in [0, 0.05) is 19.2 Å². The Morgan fingerprint density at radius 1 is 1.04 bits per heavy atom. The number of anilines is 1. The third-order valence-electron chi connectivity index (χ3n) is 4.65. The standard InChI is InChI=1S/C22H37ClN2O3/c1-5-8-11-24-20-17-21(27-4)18(16-19(20)23)22(26)28-15-14-25(12-9-6-2)13-10-7-3/h16-17,24H,5-15H2,1-4H3. The number of nitrogens with zero attached hydrogens (tertiary/aromatic N) is 1. The normalized spacial score (nSPS) is 10.9. The van der Waals surface area contributed by atoms with Crippen LogP contribution >= 0.6 is 11.6 Å². The van der Waals surface area contributed by atoms with Crippen molar-refractivity contribution in [1.29, 1.82) is 0 Å². The summed E-state index contributed by atoms with van der Waals surface area (Å²) in [5.74, 6) is 0.0759. The molecule has 0 unspecified atom stereocenters. The molecule has 0 aliphatic rings. The van der Waals surface area contributed by atoms with Gasteiger partial charge in [-0.3, -0.25) is 4.90 Å². The zero-order chi connectivity index (χ0) is 20.8. The number of halogens is 1. The summed E-state index contributed by atoms with van der Waals surface area (Å²) >= 11 is 6.35. The van der Waals surface area contributed by atoms with Crippen molar-refractivity contribution in [2.75, 3.05) is 45.2 Å². The molecule has 1 N–H and O–H groups in total. The second kappa shape index (κ2) is 14.5. The third kappa shape index (κ3) is 8.70. The van der Waals surface area contributed by atoms with Gasteiger partial charge in [-0.15, -0.1) is 0 Å². The van der Waals surface area contributed by atoms with Crippen molar-refractivity contribution in [2.45, 2.75) is 59.3 Å². The fourth-order valence-electron chi connectivity index (χ4n) is 2.86. The van der Waals surface area contributed by atoms with Crippen molar-refractivity contribution in [3.63, 3.8) is 0 Å². The first kappa shape index (κ1) is 24.6. The average molecular weight is 413 g/mol. The van der Waals surface area contributed by atoms with Crippen LogP contribution in [0.15, 0.2) is 12.1 Å². The van der Waals surface area contributed by atoms with Crippen LogP contribution < -0.4 is 10.1 Å². The van der Waals surface area contributed by atoms with E-state index in [2.05, 4.69) is 31.0 Å². The van der Waals surface area contributed by atoms with E-state index in [1.54, 1.807) is 19.2 Å². The fraction of sp³-hybridized carbons (Fsp3) is 0.682. The fourth-order valence-corrected chi connectivity index (χ4v) is 3.09. The monoisotopic (exact) mass is 412 g/mol. The van der Waals surface area contributed by atoms with Gasteiger partial charge in [-0.05, 0) is 38.4 Å². The number of esters is 1. The molecule has 0 radical (unpaired) electrons. The quantitative estimate of drug-likeness (QED) is 0.299. The van der Waals surface area contributed by atoms with Crippen LogP contribution in [-0.2, 0) is 4.74 Å². The highest BCUT2D eigenvalue weighted by molar-refractivity contribution is 6.33. The molecule has 0 spiro atoms. The Morgan fingerprint density at radius 3 is 2.25 bits per heavy atom. The molecule has 28 heavy (non-hydrogen) atoms. The van der Waals surface area contributed by atoms with E-state index in [0.717, 1.165) is 70.4 Å². The van der Waals surface area contributed by atoms with E-state index in [0.29, 0.717) is 22.9 Å². The molecule has 5 nitrogen and oxygen atoms in total. The maximum atomic E-state index is 12.6. The zero-order valence-corrected chi connectivity index (χ0v) is 18.7. The van der Waals surface area contributed by atoms with Crippen molar-refractivity contribution >= 4 is 23.3 Å².